The van der Waals surface area contributed by atoms with Gasteiger partial charge in [-0.1, -0.05) is 50.2 Å². The van der Waals surface area contributed by atoms with Crippen molar-refractivity contribution >= 4 is 41.7 Å². The maximum atomic E-state index is 12.9. The summed E-state index contributed by atoms with van der Waals surface area (Å²) in [6.07, 6.45) is 4.31. The van der Waals surface area contributed by atoms with Gasteiger partial charge < -0.3 is 31.7 Å². The second kappa shape index (κ2) is 14.1. The molecule has 9 nitrogen and oxygen atoms in total. The minimum Gasteiger partial charge on any atom is -0.426 e. The molecule has 0 spiro atoms. The van der Waals surface area contributed by atoms with Gasteiger partial charge in [-0.05, 0) is 53.7 Å². The number of aliphatic imine (C=N–C) groups is 1. The van der Waals surface area contributed by atoms with Crippen molar-refractivity contribution in [2.75, 3.05) is 13.6 Å². The molecular weight excluding hydrogens is 445 g/mol. The van der Waals surface area contributed by atoms with Gasteiger partial charge in [0, 0.05) is 19.7 Å². The summed E-state index contributed by atoms with van der Waals surface area (Å²) in [5.41, 5.74) is 6.49. The van der Waals surface area contributed by atoms with Crippen LogP contribution in [-0.2, 0) is 9.59 Å². The van der Waals surface area contributed by atoms with Gasteiger partial charge >= 0.3 is 7.12 Å². The van der Waals surface area contributed by atoms with E-state index in [1.165, 1.54) is 6.08 Å². The van der Waals surface area contributed by atoms with E-state index in [1.807, 2.05) is 56.3 Å². The lowest BCUT2D eigenvalue weighted by Gasteiger charge is -2.24. The monoisotopic (exact) mass is 481 g/mol. The molecule has 0 heterocycles. The average molecular weight is 481 g/mol. The van der Waals surface area contributed by atoms with Crippen LogP contribution in [0.3, 0.4) is 0 Å². The quantitative estimate of drug-likeness (QED) is 0.0882. The van der Waals surface area contributed by atoms with Gasteiger partial charge in [-0.15, -0.1) is 0 Å². The molecule has 2 amide bonds. The molecule has 0 fully saturated rings. The Labute approximate surface area is 207 Å². The van der Waals surface area contributed by atoms with Crippen LogP contribution in [0.2, 0.25) is 0 Å². The lowest BCUT2D eigenvalue weighted by atomic mass is 9.75. The number of hydrogen-bond acceptors (Lipinski definition) is 5. The number of carbonyl (C=O) groups excluding carboxylic acids is 2. The van der Waals surface area contributed by atoms with Gasteiger partial charge in [0.05, 0.1) is 5.94 Å². The maximum Gasteiger partial charge on any atom is 0.475 e. The maximum absolute atomic E-state index is 12.9. The van der Waals surface area contributed by atoms with Crippen molar-refractivity contribution in [1.82, 2.24) is 16.0 Å². The lowest BCUT2D eigenvalue weighted by Crippen LogP contribution is -2.54. The zero-order chi connectivity index (χ0) is 25.8. The summed E-state index contributed by atoms with van der Waals surface area (Å²) in [6, 6.07) is 13.0. The summed E-state index contributed by atoms with van der Waals surface area (Å²) in [5.74, 6) is -1.32. The van der Waals surface area contributed by atoms with E-state index in [9.17, 15) is 19.6 Å². The minimum absolute atomic E-state index is 0.139. The number of benzene rings is 2. The van der Waals surface area contributed by atoms with Crippen molar-refractivity contribution in [2.24, 2.45) is 16.6 Å². The van der Waals surface area contributed by atoms with Crippen molar-refractivity contribution < 1.29 is 19.6 Å². The standard InChI is InChI=1S/C25H36BN5O4/c1-17(2)15-22(26(34)35)31-24(33)21(9-6-14-29-25(27)28-3)30-23(32)13-11-18-10-12-19-7-4-5-8-20(19)16-18/h4-5,7-8,10-13,16-17,21-22,34-35H,6,9,14-15H2,1-3H3,(H,30,32)(H,31,33)(H3,27,28,29)/b13-11+/t21-,22-/m0/s1. The number of nitrogens with two attached hydrogens (primary N) is 1. The zero-order valence-corrected chi connectivity index (χ0v) is 20.6. The summed E-state index contributed by atoms with van der Waals surface area (Å²) in [7, 11) is -0.136. The fourth-order valence-electron chi connectivity index (χ4n) is 3.62. The van der Waals surface area contributed by atoms with Crippen LogP contribution >= 0.6 is 0 Å². The molecule has 7 N–H and O–H groups in total. The van der Waals surface area contributed by atoms with E-state index in [0.717, 1.165) is 16.3 Å². The summed E-state index contributed by atoms with van der Waals surface area (Å²) in [4.78, 5) is 29.4. The van der Waals surface area contributed by atoms with Crippen LogP contribution in [0.4, 0.5) is 0 Å². The Balaban J connectivity index is 2.07. The van der Waals surface area contributed by atoms with Crippen LogP contribution in [0.25, 0.3) is 16.8 Å². The van der Waals surface area contributed by atoms with Crippen molar-refractivity contribution in [3.05, 3.63) is 54.1 Å². The topological polar surface area (TPSA) is 149 Å². The summed E-state index contributed by atoms with van der Waals surface area (Å²) in [5, 5.41) is 29.8. The normalized spacial score (nSPS) is 13.6. The van der Waals surface area contributed by atoms with E-state index in [0.29, 0.717) is 25.8 Å². The van der Waals surface area contributed by atoms with E-state index in [1.54, 1.807) is 13.1 Å². The molecule has 35 heavy (non-hydrogen) atoms. The Hall–Kier alpha value is -3.37. The van der Waals surface area contributed by atoms with E-state index in [4.69, 9.17) is 5.73 Å². The lowest BCUT2D eigenvalue weighted by molar-refractivity contribution is -0.127. The Morgan fingerprint density at radius 3 is 2.49 bits per heavy atom. The molecule has 0 aliphatic rings. The molecule has 0 bridgehead atoms. The molecular formula is C25H36BN5O4. The van der Waals surface area contributed by atoms with Crippen LogP contribution in [0.5, 0.6) is 0 Å². The zero-order valence-electron chi connectivity index (χ0n) is 20.6. The summed E-state index contributed by atoms with van der Waals surface area (Å²) in [6.45, 7) is 4.31. The number of hydrogen-bond donors (Lipinski definition) is 6. The highest BCUT2D eigenvalue weighted by Crippen LogP contribution is 2.16. The molecule has 0 radical (unpaired) electrons. The second-order valence-corrected chi connectivity index (χ2v) is 8.84. The average Bonchev–Trinajstić information content (AvgIpc) is 2.83. The molecule has 2 aromatic rings. The van der Waals surface area contributed by atoms with Crippen LogP contribution in [-0.4, -0.2) is 60.5 Å². The number of fused-ring (bicyclic) bond motifs is 1. The SMILES string of the molecule is CN=C(N)NCCC[C@H](NC(=O)/C=C/c1ccc2ccccc2c1)C(=O)N[C@@H](CC(C)C)B(O)O. The van der Waals surface area contributed by atoms with Crippen molar-refractivity contribution in [3.63, 3.8) is 0 Å². The van der Waals surface area contributed by atoms with E-state index in [-0.39, 0.29) is 11.9 Å². The summed E-state index contributed by atoms with van der Waals surface area (Å²) < 4.78 is 0. The number of nitrogens with one attached hydrogen (secondary N) is 3. The number of carbonyl (C=O) groups is 2. The van der Waals surface area contributed by atoms with Crippen molar-refractivity contribution in [2.45, 2.75) is 45.1 Å². The minimum atomic E-state index is -1.70. The third-order valence-electron chi connectivity index (χ3n) is 5.46. The molecule has 0 saturated heterocycles. The smallest absolute Gasteiger partial charge is 0.426 e. The first kappa shape index (κ1) is 27.9. The summed E-state index contributed by atoms with van der Waals surface area (Å²) >= 11 is 0. The van der Waals surface area contributed by atoms with Crippen molar-refractivity contribution in [1.29, 1.82) is 0 Å². The van der Waals surface area contributed by atoms with Gasteiger partial charge in [-0.2, -0.15) is 0 Å². The number of nitrogens with zero attached hydrogens (tertiary/aromatic N) is 1. The molecule has 10 heteroatoms. The van der Waals surface area contributed by atoms with Crippen LogP contribution in [0, 0.1) is 5.92 Å². The predicted octanol–water partition coefficient (Wildman–Crippen LogP) is 1.20. The van der Waals surface area contributed by atoms with Crippen molar-refractivity contribution in [3.8, 4) is 0 Å². The van der Waals surface area contributed by atoms with Gasteiger partial charge in [0.1, 0.15) is 6.04 Å². The molecule has 0 aliphatic heterocycles. The molecule has 0 aliphatic carbocycles. The first-order valence-electron chi connectivity index (χ1n) is 11.8. The number of amides is 2. The van der Waals surface area contributed by atoms with Gasteiger partial charge in [0.2, 0.25) is 11.8 Å². The molecule has 0 aromatic heterocycles. The van der Waals surface area contributed by atoms with Gasteiger partial charge in [-0.3, -0.25) is 14.6 Å². The van der Waals surface area contributed by atoms with E-state index < -0.39 is 30.9 Å². The predicted molar refractivity (Wildman–Crippen MR) is 141 cm³/mol. The van der Waals surface area contributed by atoms with Crippen LogP contribution in [0.1, 0.15) is 38.7 Å². The fourth-order valence-corrected chi connectivity index (χ4v) is 3.62. The first-order valence-corrected chi connectivity index (χ1v) is 11.8. The first-order chi connectivity index (χ1) is 16.7. The fraction of sp³-hybridized carbons (Fsp3) is 0.400. The largest absolute Gasteiger partial charge is 0.475 e. The second-order valence-electron chi connectivity index (χ2n) is 8.84. The van der Waals surface area contributed by atoms with Gasteiger partial charge in [0.25, 0.3) is 0 Å². The Morgan fingerprint density at radius 2 is 1.83 bits per heavy atom. The van der Waals surface area contributed by atoms with Crippen LogP contribution < -0.4 is 21.7 Å². The molecule has 0 unspecified atom stereocenters. The number of guanidine groups is 1. The Bertz CT molecular complexity index is 1040. The highest BCUT2D eigenvalue weighted by atomic mass is 16.4. The Morgan fingerprint density at radius 1 is 1.11 bits per heavy atom. The molecule has 188 valence electrons. The van der Waals surface area contributed by atoms with Crippen LogP contribution in [0.15, 0.2) is 53.5 Å². The van der Waals surface area contributed by atoms with E-state index >= 15 is 0 Å². The third-order valence-corrected chi connectivity index (χ3v) is 5.46. The Kier molecular flexibility index (Phi) is 11.3. The molecule has 0 saturated carbocycles. The highest BCUT2D eigenvalue weighted by Gasteiger charge is 2.29. The number of rotatable bonds is 12. The van der Waals surface area contributed by atoms with E-state index in [2.05, 4.69) is 20.9 Å². The third kappa shape index (κ3) is 9.80. The van der Waals surface area contributed by atoms with Gasteiger partial charge in [0.15, 0.2) is 5.96 Å². The highest BCUT2D eigenvalue weighted by molar-refractivity contribution is 6.43. The molecule has 2 atom stereocenters. The van der Waals surface area contributed by atoms with Gasteiger partial charge in [-0.25, -0.2) is 0 Å². The molecule has 2 aromatic carbocycles. The molecule has 2 rings (SSSR count).